The van der Waals surface area contributed by atoms with Crippen molar-refractivity contribution in [2.24, 2.45) is 7.05 Å². The first kappa shape index (κ1) is 6.22. The van der Waals surface area contributed by atoms with Gasteiger partial charge in [0.1, 0.15) is 5.65 Å². The molecule has 0 bridgehead atoms. The molecule has 1 N–H and O–H groups in total. The predicted molar refractivity (Wildman–Crippen MR) is 43.5 cm³/mol. The van der Waals surface area contributed by atoms with E-state index in [0.717, 1.165) is 11.0 Å². The number of fused-ring (bicyclic) bond motifs is 1. The van der Waals surface area contributed by atoms with E-state index in [2.05, 4.69) is 4.98 Å². The number of pyridine rings is 1. The molecule has 0 amide bonds. The summed E-state index contributed by atoms with van der Waals surface area (Å²) in [7, 11) is 1.90. The predicted octanol–water partition coefficient (Wildman–Crippen LogP) is 0.867. The average molecular weight is 148 g/mol. The lowest BCUT2D eigenvalue weighted by Crippen LogP contribution is -2.03. The van der Waals surface area contributed by atoms with E-state index in [0.29, 0.717) is 0 Å². The zero-order valence-electron chi connectivity index (χ0n) is 6.16. The molecule has 2 aromatic rings. The first-order valence-electron chi connectivity index (χ1n) is 3.42. The second-order valence-electron chi connectivity index (χ2n) is 2.53. The third-order valence-electron chi connectivity index (χ3n) is 1.79. The highest BCUT2D eigenvalue weighted by Gasteiger charge is 1.98. The molecular weight excluding hydrogens is 140 g/mol. The lowest BCUT2D eigenvalue weighted by molar-refractivity contribution is 0.934. The average Bonchev–Trinajstić information content (AvgIpc) is 2.45. The van der Waals surface area contributed by atoms with Crippen LogP contribution in [0.1, 0.15) is 0 Å². The summed E-state index contributed by atoms with van der Waals surface area (Å²) in [5, 5.41) is 0.745. The van der Waals surface area contributed by atoms with Crippen LogP contribution in [-0.4, -0.2) is 9.55 Å². The van der Waals surface area contributed by atoms with Crippen molar-refractivity contribution >= 4 is 11.0 Å². The molecule has 2 rings (SSSR count). The van der Waals surface area contributed by atoms with Crippen LogP contribution in [0, 0.1) is 0 Å². The quantitative estimate of drug-likeness (QED) is 0.591. The van der Waals surface area contributed by atoms with Crippen molar-refractivity contribution < 1.29 is 0 Å². The Kier molecular flexibility index (Phi) is 1.12. The minimum absolute atomic E-state index is 0.0688. The molecule has 0 aliphatic rings. The lowest BCUT2D eigenvalue weighted by Gasteiger charge is -1.97. The van der Waals surface area contributed by atoms with E-state index in [-0.39, 0.29) is 5.43 Å². The molecule has 11 heavy (non-hydrogen) atoms. The Morgan fingerprint density at radius 1 is 1.45 bits per heavy atom. The molecule has 0 aliphatic heterocycles. The lowest BCUT2D eigenvalue weighted by atomic mass is 10.3. The van der Waals surface area contributed by atoms with Gasteiger partial charge in [-0.3, -0.25) is 4.79 Å². The molecule has 0 atom stereocenters. The number of nitrogens with one attached hydrogen (secondary N) is 1. The van der Waals surface area contributed by atoms with Crippen LogP contribution in [0.5, 0.6) is 0 Å². The van der Waals surface area contributed by atoms with E-state index in [1.54, 1.807) is 24.5 Å². The Labute approximate surface area is 63.3 Å². The molecule has 3 heteroatoms. The van der Waals surface area contributed by atoms with Crippen LogP contribution in [0.15, 0.2) is 29.3 Å². The highest BCUT2D eigenvalue weighted by molar-refractivity contribution is 5.75. The van der Waals surface area contributed by atoms with Gasteiger partial charge in [0.05, 0.1) is 5.39 Å². The number of aryl methyl sites for hydroxylation is 1. The molecule has 56 valence electrons. The smallest absolute Gasteiger partial charge is 0.190 e. The highest BCUT2D eigenvalue weighted by atomic mass is 16.1. The van der Waals surface area contributed by atoms with Gasteiger partial charge in [-0.25, -0.2) is 0 Å². The van der Waals surface area contributed by atoms with Gasteiger partial charge in [0.25, 0.3) is 0 Å². The molecule has 2 aromatic heterocycles. The summed E-state index contributed by atoms with van der Waals surface area (Å²) in [6, 6.07) is 3.36. The summed E-state index contributed by atoms with van der Waals surface area (Å²) < 4.78 is 1.89. The van der Waals surface area contributed by atoms with Gasteiger partial charge in [-0.05, 0) is 6.07 Å². The largest absolute Gasteiger partial charge is 0.347 e. The van der Waals surface area contributed by atoms with Crippen LogP contribution in [0.4, 0.5) is 0 Å². The van der Waals surface area contributed by atoms with Gasteiger partial charge in [-0.2, -0.15) is 0 Å². The topological polar surface area (TPSA) is 37.8 Å². The first-order chi connectivity index (χ1) is 5.29. The van der Waals surface area contributed by atoms with Gasteiger partial charge in [-0.15, -0.1) is 0 Å². The Balaban J connectivity index is 3.08. The molecule has 0 fully saturated rings. The summed E-state index contributed by atoms with van der Waals surface area (Å²) in [5.74, 6) is 0. The van der Waals surface area contributed by atoms with Crippen molar-refractivity contribution in [3.05, 3.63) is 34.7 Å². The second-order valence-corrected chi connectivity index (χ2v) is 2.53. The molecule has 2 heterocycles. The number of aromatic amines is 1. The van der Waals surface area contributed by atoms with E-state index in [9.17, 15) is 4.79 Å². The fourth-order valence-corrected chi connectivity index (χ4v) is 1.20. The van der Waals surface area contributed by atoms with Crippen molar-refractivity contribution in [1.82, 2.24) is 9.55 Å². The summed E-state index contributed by atoms with van der Waals surface area (Å²) in [6.45, 7) is 0. The maximum Gasteiger partial charge on any atom is 0.190 e. The Morgan fingerprint density at radius 3 is 3.00 bits per heavy atom. The van der Waals surface area contributed by atoms with Crippen LogP contribution < -0.4 is 5.43 Å². The molecule has 3 nitrogen and oxygen atoms in total. The minimum Gasteiger partial charge on any atom is -0.347 e. The van der Waals surface area contributed by atoms with Crippen molar-refractivity contribution in [3.8, 4) is 0 Å². The van der Waals surface area contributed by atoms with Gasteiger partial charge in [0.2, 0.25) is 0 Å². The monoisotopic (exact) mass is 148 g/mol. The zero-order valence-corrected chi connectivity index (χ0v) is 6.16. The minimum atomic E-state index is 0.0688. The molecule has 0 saturated heterocycles. The van der Waals surface area contributed by atoms with E-state index in [1.807, 2.05) is 11.6 Å². The third kappa shape index (κ3) is 0.774. The van der Waals surface area contributed by atoms with Gasteiger partial charge in [-0.1, -0.05) is 0 Å². The Hall–Kier alpha value is -1.51. The van der Waals surface area contributed by atoms with Crippen LogP contribution in [0.3, 0.4) is 0 Å². The van der Waals surface area contributed by atoms with Crippen molar-refractivity contribution in [2.45, 2.75) is 0 Å². The van der Waals surface area contributed by atoms with Crippen molar-refractivity contribution in [1.29, 1.82) is 0 Å². The Bertz CT molecular complexity index is 439. The van der Waals surface area contributed by atoms with E-state index in [4.69, 9.17) is 0 Å². The first-order valence-corrected chi connectivity index (χ1v) is 3.42. The number of H-pyrrole nitrogens is 1. The maximum absolute atomic E-state index is 11.2. The highest BCUT2D eigenvalue weighted by Crippen LogP contribution is 2.04. The van der Waals surface area contributed by atoms with Gasteiger partial charge >= 0.3 is 0 Å². The van der Waals surface area contributed by atoms with Crippen molar-refractivity contribution in [3.63, 3.8) is 0 Å². The number of hydrogen-bond acceptors (Lipinski definition) is 1. The summed E-state index contributed by atoms with van der Waals surface area (Å²) in [6.07, 6.45) is 3.52. The number of hydrogen-bond donors (Lipinski definition) is 1. The number of rotatable bonds is 0. The van der Waals surface area contributed by atoms with E-state index >= 15 is 0 Å². The number of nitrogens with zero attached hydrogens (tertiary/aromatic N) is 1. The van der Waals surface area contributed by atoms with E-state index < -0.39 is 0 Å². The van der Waals surface area contributed by atoms with Crippen LogP contribution in [-0.2, 0) is 7.05 Å². The molecule has 0 saturated carbocycles. The molecule has 0 radical (unpaired) electrons. The SMILES string of the molecule is Cn1ccc(=O)c2cc[nH]c21. The summed E-state index contributed by atoms with van der Waals surface area (Å²) >= 11 is 0. The van der Waals surface area contributed by atoms with Gasteiger partial charge < -0.3 is 9.55 Å². The standard InChI is InChI=1S/C8H8N2O/c1-10-5-3-7(11)6-2-4-9-8(6)10/h2-5,9H,1H3. The van der Waals surface area contributed by atoms with Gasteiger partial charge in [0.15, 0.2) is 5.43 Å². The van der Waals surface area contributed by atoms with Crippen LogP contribution in [0.2, 0.25) is 0 Å². The molecule has 0 unspecified atom stereocenters. The van der Waals surface area contributed by atoms with Gasteiger partial charge in [0, 0.05) is 25.5 Å². The fraction of sp³-hybridized carbons (Fsp3) is 0.125. The van der Waals surface area contributed by atoms with Crippen molar-refractivity contribution in [2.75, 3.05) is 0 Å². The Morgan fingerprint density at radius 2 is 2.27 bits per heavy atom. The molecule has 0 aliphatic carbocycles. The maximum atomic E-state index is 11.2. The van der Waals surface area contributed by atoms with Crippen LogP contribution in [0.25, 0.3) is 11.0 Å². The fourth-order valence-electron chi connectivity index (χ4n) is 1.20. The summed E-state index contributed by atoms with van der Waals surface area (Å²) in [5.41, 5.74) is 0.942. The van der Waals surface area contributed by atoms with E-state index in [1.165, 1.54) is 0 Å². The molecule has 0 spiro atoms. The normalized spacial score (nSPS) is 10.6. The van der Waals surface area contributed by atoms with Crippen LogP contribution >= 0.6 is 0 Å². The zero-order chi connectivity index (χ0) is 7.84. The molecule has 0 aromatic carbocycles. The molecular formula is C8H8N2O. The second kappa shape index (κ2) is 1.99. The third-order valence-corrected chi connectivity index (χ3v) is 1.79. The number of aromatic nitrogens is 2. The summed E-state index contributed by atoms with van der Waals surface area (Å²) in [4.78, 5) is 14.2.